The van der Waals surface area contributed by atoms with E-state index >= 15 is 0 Å². The van der Waals surface area contributed by atoms with Crippen molar-refractivity contribution in [1.82, 2.24) is 0 Å². The molecule has 0 fully saturated rings. The number of hydrogen-bond donors (Lipinski definition) is 0. The Morgan fingerprint density at radius 1 is 0.318 bits per heavy atom. The summed E-state index contributed by atoms with van der Waals surface area (Å²) in [7, 11) is 0. The molecule has 0 heterocycles. The minimum absolute atomic E-state index is 0.0885. The summed E-state index contributed by atoms with van der Waals surface area (Å²) in [5, 5.41) is 0. The van der Waals surface area contributed by atoms with Gasteiger partial charge in [0.15, 0.2) is 6.10 Å². The van der Waals surface area contributed by atoms with E-state index in [0.29, 0.717) is 19.3 Å². The van der Waals surface area contributed by atoms with Crippen molar-refractivity contribution in [2.75, 3.05) is 13.2 Å². The van der Waals surface area contributed by atoms with Gasteiger partial charge in [0.1, 0.15) is 13.2 Å². The molecule has 66 heavy (non-hydrogen) atoms. The molecule has 0 N–H and O–H groups in total. The molecular formula is C60H102O6. The normalized spacial score (nSPS) is 12.7. The van der Waals surface area contributed by atoms with Gasteiger partial charge in [0, 0.05) is 19.3 Å². The van der Waals surface area contributed by atoms with Gasteiger partial charge >= 0.3 is 17.9 Å². The van der Waals surface area contributed by atoms with Crippen LogP contribution in [0.15, 0.2) is 85.1 Å². The van der Waals surface area contributed by atoms with Gasteiger partial charge in [0.2, 0.25) is 0 Å². The predicted octanol–water partition coefficient (Wildman–Crippen LogP) is 18.4. The fraction of sp³-hybridized carbons (Fsp3) is 0.717. The van der Waals surface area contributed by atoms with Gasteiger partial charge in [-0.25, -0.2) is 0 Å². The fourth-order valence-corrected chi connectivity index (χ4v) is 7.50. The summed E-state index contributed by atoms with van der Waals surface area (Å²) >= 11 is 0. The minimum Gasteiger partial charge on any atom is -0.462 e. The van der Waals surface area contributed by atoms with Crippen molar-refractivity contribution in [2.45, 2.75) is 264 Å². The van der Waals surface area contributed by atoms with E-state index in [2.05, 4.69) is 106 Å². The number of carbonyl (C=O) groups excluding carboxylic acids is 3. The van der Waals surface area contributed by atoms with Gasteiger partial charge in [-0.2, -0.15) is 0 Å². The van der Waals surface area contributed by atoms with Crippen molar-refractivity contribution in [1.29, 1.82) is 0 Å². The average molecular weight is 919 g/mol. The van der Waals surface area contributed by atoms with E-state index in [9.17, 15) is 14.4 Å². The number of esters is 3. The van der Waals surface area contributed by atoms with Gasteiger partial charge in [0.05, 0.1) is 0 Å². The molecule has 0 aromatic heterocycles. The van der Waals surface area contributed by atoms with Crippen molar-refractivity contribution >= 4 is 17.9 Å². The highest BCUT2D eigenvalue weighted by Gasteiger charge is 2.19. The van der Waals surface area contributed by atoms with Crippen LogP contribution in [-0.4, -0.2) is 37.2 Å². The molecule has 0 aliphatic rings. The first kappa shape index (κ1) is 62.6. The van der Waals surface area contributed by atoms with E-state index in [1.54, 1.807) is 0 Å². The highest BCUT2D eigenvalue weighted by molar-refractivity contribution is 5.71. The van der Waals surface area contributed by atoms with Crippen molar-refractivity contribution in [3.63, 3.8) is 0 Å². The first-order chi connectivity index (χ1) is 32.5. The number of unbranched alkanes of at least 4 members (excludes halogenated alkanes) is 24. The third-order valence-corrected chi connectivity index (χ3v) is 11.6. The number of carbonyl (C=O) groups is 3. The van der Waals surface area contributed by atoms with E-state index in [1.807, 2.05) is 0 Å². The molecular weight excluding hydrogens is 817 g/mol. The lowest BCUT2D eigenvalue weighted by Gasteiger charge is -2.18. The molecule has 0 aromatic carbocycles. The minimum atomic E-state index is -0.790. The van der Waals surface area contributed by atoms with Gasteiger partial charge in [-0.15, -0.1) is 0 Å². The van der Waals surface area contributed by atoms with Gasteiger partial charge in [-0.05, 0) is 96.3 Å². The van der Waals surface area contributed by atoms with Crippen LogP contribution in [0.25, 0.3) is 0 Å². The maximum atomic E-state index is 12.8. The van der Waals surface area contributed by atoms with E-state index in [-0.39, 0.29) is 31.1 Å². The Morgan fingerprint density at radius 3 is 0.924 bits per heavy atom. The largest absolute Gasteiger partial charge is 0.462 e. The molecule has 6 nitrogen and oxygen atoms in total. The first-order valence-corrected chi connectivity index (χ1v) is 27.6. The molecule has 0 radical (unpaired) electrons. The molecule has 0 saturated carbocycles. The van der Waals surface area contributed by atoms with Crippen LogP contribution in [0.5, 0.6) is 0 Å². The highest BCUT2D eigenvalue weighted by atomic mass is 16.6. The zero-order chi connectivity index (χ0) is 47.9. The van der Waals surface area contributed by atoms with E-state index in [0.717, 1.165) is 116 Å². The van der Waals surface area contributed by atoms with Crippen LogP contribution in [-0.2, 0) is 28.6 Å². The van der Waals surface area contributed by atoms with E-state index in [4.69, 9.17) is 14.2 Å². The third kappa shape index (κ3) is 51.6. The SMILES string of the molecule is CC/C=C\C/C=C\C/C=C\C/C=C\CCCCCCC(=O)OC(COC(=O)CCCCCCCCCC)COC(=O)CCCCCCCCCC/C=C\C/C=C\C/C=C\CCCCCCC. The van der Waals surface area contributed by atoms with Crippen LogP contribution in [0.3, 0.4) is 0 Å². The van der Waals surface area contributed by atoms with Crippen LogP contribution < -0.4 is 0 Å². The zero-order valence-corrected chi connectivity index (χ0v) is 43.2. The molecule has 0 spiro atoms. The number of hydrogen-bond acceptors (Lipinski definition) is 6. The Morgan fingerprint density at radius 2 is 0.591 bits per heavy atom. The van der Waals surface area contributed by atoms with Crippen LogP contribution in [0, 0.1) is 0 Å². The molecule has 0 amide bonds. The Balaban J connectivity index is 4.30. The summed E-state index contributed by atoms with van der Waals surface area (Å²) in [5.41, 5.74) is 0. The van der Waals surface area contributed by atoms with E-state index in [1.165, 1.54) is 103 Å². The van der Waals surface area contributed by atoms with Crippen LogP contribution in [0.2, 0.25) is 0 Å². The molecule has 0 aliphatic heterocycles. The second-order valence-electron chi connectivity index (χ2n) is 18.1. The molecule has 1 atom stereocenters. The molecule has 0 saturated heterocycles. The second kappa shape index (κ2) is 54.2. The maximum absolute atomic E-state index is 12.8. The first-order valence-electron chi connectivity index (χ1n) is 27.6. The van der Waals surface area contributed by atoms with Crippen LogP contribution >= 0.6 is 0 Å². The maximum Gasteiger partial charge on any atom is 0.306 e. The second-order valence-corrected chi connectivity index (χ2v) is 18.1. The Kier molecular flexibility index (Phi) is 51.4. The van der Waals surface area contributed by atoms with E-state index < -0.39 is 6.10 Å². The molecule has 0 rings (SSSR count). The molecule has 0 aromatic rings. The smallest absolute Gasteiger partial charge is 0.306 e. The molecule has 1 unspecified atom stereocenters. The lowest BCUT2D eigenvalue weighted by Crippen LogP contribution is -2.30. The Bertz CT molecular complexity index is 1290. The summed E-state index contributed by atoms with van der Waals surface area (Å²) in [6.45, 7) is 6.46. The topological polar surface area (TPSA) is 78.9 Å². The number of allylic oxidation sites excluding steroid dienone is 14. The predicted molar refractivity (Wildman–Crippen MR) is 284 cm³/mol. The molecule has 0 aliphatic carbocycles. The number of rotatable bonds is 49. The summed E-state index contributed by atoms with van der Waals surface area (Å²) in [6.07, 6.45) is 70.1. The van der Waals surface area contributed by atoms with Crippen molar-refractivity contribution < 1.29 is 28.6 Å². The average Bonchev–Trinajstić information content (AvgIpc) is 3.31. The summed E-state index contributed by atoms with van der Waals surface area (Å²) < 4.78 is 16.8. The van der Waals surface area contributed by atoms with Gasteiger partial charge in [0.25, 0.3) is 0 Å². The standard InChI is InChI=1S/C60H102O6/c1-4-7-10-13-16-19-21-23-25-27-28-29-30-31-32-34-35-37-39-41-44-47-50-53-59(62)65-56-57(55-64-58(61)52-49-46-43-18-15-12-9-6-3)66-60(63)54-51-48-45-42-40-38-36-33-26-24-22-20-17-14-11-8-5-2/h8,11,17,20-21,23-24,26-28,30-31,36,38,57H,4-7,9-10,12-16,18-19,22,25,29,32-35,37,39-56H2,1-3H3/b11-8-,20-17-,23-21-,26-24-,28-27-,31-30-,38-36-. The quantitative estimate of drug-likeness (QED) is 0.0262. The zero-order valence-electron chi connectivity index (χ0n) is 43.2. The Hall–Kier alpha value is -3.41. The number of ether oxygens (including phenoxy) is 3. The molecule has 378 valence electrons. The Labute approximate surface area is 407 Å². The lowest BCUT2D eigenvalue weighted by molar-refractivity contribution is -0.167. The van der Waals surface area contributed by atoms with Crippen molar-refractivity contribution in [2.24, 2.45) is 0 Å². The lowest BCUT2D eigenvalue weighted by atomic mass is 10.1. The van der Waals surface area contributed by atoms with Gasteiger partial charge in [-0.3, -0.25) is 14.4 Å². The van der Waals surface area contributed by atoms with Crippen LogP contribution in [0.1, 0.15) is 258 Å². The molecule has 0 bridgehead atoms. The highest BCUT2D eigenvalue weighted by Crippen LogP contribution is 2.14. The fourth-order valence-electron chi connectivity index (χ4n) is 7.50. The summed E-state index contributed by atoms with van der Waals surface area (Å²) in [4.78, 5) is 37.9. The van der Waals surface area contributed by atoms with Crippen molar-refractivity contribution in [3.05, 3.63) is 85.1 Å². The van der Waals surface area contributed by atoms with Gasteiger partial charge < -0.3 is 14.2 Å². The summed E-state index contributed by atoms with van der Waals surface area (Å²) in [6, 6.07) is 0. The summed E-state index contributed by atoms with van der Waals surface area (Å²) in [5.74, 6) is -0.923. The van der Waals surface area contributed by atoms with Gasteiger partial charge in [-0.1, -0.05) is 228 Å². The molecule has 6 heteroatoms. The van der Waals surface area contributed by atoms with Crippen LogP contribution in [0.4, 0.5) is 0 Å². The third-order valence-electron chi connectivity index (χ3n) is 11.6. The van der Waals surface area contributed by atoms with Crippen molar-refractivity contribution in [3.8, 4) is 0 Å². The monoisotopic (exact) mass is 919 g/mol.